The molecule has 4 heteroatoms. The lowest BCUT2D eigenvalue weighted by molar-refractivity contribution is -0.148. The van der Waals surface area contributed by atoms with Gasteiger partial charge < -0.3 is 9.47 Å². The predicted octanol–water partition coefficient (Wildman–Crippen LogP) is 2.30. The zero-order valence-electron chi connectivity index (χ0n) is 12.3. The third kappa shape index (κ3) is 4.65. The average molecular weight is 265 g/mol. The number of carbonyl (C=O) groups excluding carboxylic acids is 1. The first kappa shape index (κ1) is 15.7. The third-order valence-electron chi connectivity index (χ3n) is 2.73. The van der Waals surface area contributed by atoms with Gasteiger partial charge in [-0.25, -0.2) is 0 Å². The summed E-state index contributed by atoms with van der Waals surface area (Å²) < 4.78 is 10.4. The SMILES string of the molecule is COC(=O)C(NC(C)(C)C)C(OC)c1ccccc1. The second-order valence-corrected chi connectivity index (χ2v) is 5.46. The van der Waals surface area contributed by atoms with Gasteiger partial charge in [-0.3, -0.25) is 10.1 Å². The molecule has 106 valence electrons. The molecule has 0 aliphatic carbocycles. The lowest BCUT2D eigenvalue weighted by atomic mass is 9.98. The quantitative estimate of drug-likeness (QED) is 0.830. The zero-order chi connectivity index (χ0) is 14.5. The van der Waals surface area contributed by atoms with Crippen molar-refractivity contribution in [1.82, 2.24) is 5.32 Å². The van der Waals surface area contributed by atoms with Gasteiger partial charge in [0.1, 0.15) is 12.1 Å². The minimum absolute atomic E-state index is 0.218. The second-order valence-electron chi connectivity index (χ2n) is 5.46. The molecule has 4 nitrogen and oxygen atoms in total. The fraction of sp³-hybridized carbons (Fsp3) is 0.533. The van der Waals surface area contributed by atoms with Crippen LogP contribution in [0.2, 0.25) is 0 Å². The molecular formula is C15H23NO3. The first-order chi connectivity index (χ1) is 8.89. The number of esters is 1. The van der Waals surface area contributed by atoms with Crippen LogP contribution in [0.25, 0.3) is 0 Å². The van der Waals surface area contributed by atoms with Crippen molar-refractivity contribution >= 4 is 5.97 Å². The fourth-order valence-corrected chi connectivity index (χ4v) is 1.96. The highest BCUT2D eigenvalue weighted by Crippen LogP contribution is 2.23. The number of methoxy groups -OCH3 is 2. The Kier molecular flexibility index (Phi) is 5.51. The predicted molar refractivity (Wildman–Crippen MR) is 74.9 cm³/mol. The van der Waals surface area contributed by atoms with Crippen LogP contribution in [0.1, 0.15) is 32.4 Å². The number of carbonyl (C=O) groups is 1. The van der Waals surface area contributed by atoms with Crippen molar-refractivity contribution in [3.05, 3.63) is 35.9 Å². The van der Waals surface area contributed by atoms with Crippen molar-refractivity contribution in [3.63, 3.8) is 0 Å². The number of ether oxygens (including phenoxy) is 2. The monoisotopic (exact) mass is 265 g/mol. The Balaban J connectivity index is 3.03. The van der Waals surface area contributed by atoms with Crippen LogP contribution in [0.3, 0.4) is 0 Å². The van der Waals surface area contributed by atoms with E-state index < -0.39 is 6.04 Å². The number of rotatable bonds is 5. The summed E-state index contributed by atoms with van der Waals surface area (Å²) in [4.78, 5) is 12.0. The zero-order valence-corrected chi connectivity index (χ0v) is 12.3. The molecule has 0 amide bonds. The molecule has 19 heavy (non-hydrogen) atoms. The maximum absolute atomic E-state index is 12.0. The summed E-state index contributed by atoms with van der Waals surface area (Å²) >= 11 is 0. The molecule has 0 saturated heterocycles. The minimum Gasteiger partial charge on any atom is -0.468 e. The summed E-state index contributed by atoms with van der Waals surface area (Å²) in [6.45, 7) is 6.00. The van der Waals surface area contributed by atoms with E-state index in [1.807, 2.05) is 51.1 Å². The summed E-state index contributed by atoms with van der Waals surface area (Å²) in [5.74, 6) is -0.328. The topological polar surface area (TPSA) is 47.6 Å². The maximum Gasteiger partial charge on any atom is 0.325 e. The van der Waals surface area contributed by atoms with E-state index in [-0.39, 0.29) is 17.6 Å². The number of hydrogen-bond acceptors (Lipinski definition) is 4. The van der Waals surface area contributed by atoms with Crippen LogP contribution in [-0.4, -0.2) is 31.8 Å². The van der Waals surface area contributed by atoms with E-state index in [2.05, 4.69) is 5.32 Å². The van der Waals surface area contributed by atoms with E-state index in [0.29, 0.717) is 0 Å². The van der Waals surface area contributed by atoms with Crippen LogP contribution >= 0.6 is 0 Å². The standard InChI is InChI=1S/C15H23NO3/c1-15(2,3)16-12(14(17)19-5)13(18-4)11-9-7-6-8-10-11/h6-10,12-13,16H,1-5H3. The number of benzene rings is 1. The van der Waals surface area contributed by atoms with Crippen LogP contribution in [0.5, 0.6) is 0 Å². The van der Waals surface area contributed by atoms with Gasteiger partial charge in [0.25, 0.3) is 0 Å². The highest BCUT2D eigenvalue weighted by molar-refractivity contribution is 5.77. The summed E-state index contributed by atoms with van der Waals surface area (Å²) in [6.07, 6.45) is -0.382. The van der Waals surface area contributed by atoms with Gasteiger partial charge in [-0.15, -0.1) is 0 Å². The summed E-state index contributed by atoms with van der Waals surface area (Å²) in [5.41, 5.74) is 0.724. The molecule has 1 N–H and O–H groups in total. The van der Waals surface area contributed by atoms with E-state index in [1.54, 1.807) is 7.11 Å². The first-order valence-corrected chi connectivity index (χ1v) is 6.32. The first-order valence-electron chi connectivity index (χ1n) is 6.32. The van der Waals surface area contributed by atoms with Gasteiger partial charge in [0, 0.05) is 12.6 Å². The normalized spacial score (nSPS) is 14.8. The van der Waals surface area contributed by atoms with Gasteiger partial charge in [-0.1, -0.05) is 30.3 Å². The molecule has 1 aromatic carbocycles. The molecule has 0 heterocycles. The highest BCUT2D eigenvalue weighted by Gasteiger charge is 2.33. The number of hydrogen-bond donors (Lipinski definition) is 1. The molecule has 2 unspecified atom stereocenters. The molecule has 0 bridgehead atoms. The lowest BCUT2D eigenvalue weighted by Gasteiger charge is -2.31. The molecule has 0 radical (unpaired) electrons. The Labute approximate surface area is 115 Å². The third-order valence-corrected chi connectivity index (χ3v) is 2.73. The average Bonchev–Trinajstić information content (AvgIpc) is 2.37. The fourth-order valence-electron chi connectivity index (χ4n) is 1.96. The van der Waals surface area contributed by atoms with Crippen molar-refractivity contribution in [3.8, 4) is 0 Å². The second kappa shape index (κ2) is 6.68. The largest absolute Gasteiger partial charge is 0.468 e. The summed E-state index contributed by atoms with van der Waals surface area (Å²) in [6, 6.07) is 9.11. The Morgan fingerprint density at radius 3 is 2.16 bits per heavy atom. The van der Waals surface area contributed by atoms with E-state index in [1.165, 1.54) is 7.11 Å². The summed E-state index contributed by atoms with van der Waals surface area (Å²) in [7, 11) is 2.98. The van der Waals surface area contributed by atoms with Crippen LogP contribution < -0.4 is 5.32 Å². The molecule has 0 aliphatic rings. The van der Waals surface area contributed by atoms with Gasteiger partial charge in [0.15, 0.2) is 0 Å². The molecule has 1 aromatic rings. The van der Waals surface area contributed by atoms with Crippen molar-refractivity contribution in [1.29, 1.82) is 0 Å². The van der Waals surface area contributed by atoms with Crippen molar-refractivity contribution in [2.24, 2.45) is 0 Å². The van der Waals surface area contributed by atoms with E-state index in [4.69, 9.17) is 9.47 Å². The molecule has 1 rings (SSSR count). The highest BCUT2D eigenvalue weighted by atomic mass is 16.5. The van der Waals surface area contributed by atoms with E-state index >= 15 is 0 Å². The Bertz CT molecular complexity index is 398. The molecule has 0 saturated carbocycles. The van der Waals surface area contributed by atoms with Crippen molar-refractivity contribution in [2.75, 3.05) is 14.2 Å². The Hall–Kier alpha value is -1.39. The van der Waals surface area contributed by atoms with Gasteiger partial charge >= 0.3 is 5.97 Å². The van der Waals surface area contributed by atoms with Gasteiger partial charge in [-0.05, 0) is 26.3 Å². The maximum atomic E-state index is 12.0. The van der Waals surface area contributed by atoms with E-state index in [9.17, 15) is 4.79 Å². The number of nitrogens with one attached hydrogen (secondary N) is 1. The smallest absolute Gasteiger partial charge is 0.325 e. The molecular weight excluding hydrogens is 242 g/mol. The van der Waals surface area contributed by atoms with Crippen LogP contribution in [0, 0.1) is 0 Å². The molecule has 0 spiro atoms. The minimum atomic E-state index is -0.544. The van der Waals surface area contributed by atoms with Crippen molar-refractivity contribution < 1.29 is 14.3 Å². The van der Waals surface area contributed by atoms with Crippen LogP contribution in [0.4, 0.5) is 0 Å². The van der Waals surface area contributed by atoms with Gasteiger partial charge in [0.05, 0.1) is 7.11 Å². The Morgan fingerprint density at radius 1 is 1.16 bits per heavy atom. The van der Waals surface area contributed by atoms with Crippen molar-refractivity contribution in [2.45, 2.75) is 38.5 Å². The Morgan fingerprint density at radius 2 is 1.74 bits per heavy atom. The van der Waals surface area contributed by atoms with Crippen LogP contribution in [-0.2, 0) is 14.3 Å². The van der Waals surface area contributed by atoms with Gasteiger partial charge in [-0.2, -0.15) is 0 Å². The molecule has 0 fully saturated rings. The lowest BCUT2D eigenvalue weighted by Crippen LogP contribution is -2.51. The van der Waals surface area contributed by atoms with E-state index in [0.717, 1.165) is 5.56 Å². The summed E-state index contributed by atoms with van der Waals surface area (Å²) in [5, 5.41) is 3.26. The van der Waals surface area contributed by atoms with Crippen LogP contribution in [0.15, 0.2) is 30.3 Å². The molecule has 2 atom stereocenters. The van der Waals surface area contributed by atoms with Gasteiger partial charge in [0.2, 0.25) is 0 Å². The molecule has 0 aliphatic heterocycles. The molecule has 0 aromatic heterocycles.